The first kappa shape index (κ1) is 14.4. The zero-order valence-corrected chi connectivity index (χ0v) is 11.0. The molecule has 1 saturated carbocycles. The van der Waals surface area contributed by atoms with Crippen molar-refractivity contribution in [2.24, 2.45) is 5.41 Å². The summed E-state index contributed by atoms with van der Waals surface area (Å²) in [6.07, 6.45) is -0.860. The Morgan fingerprint density at radius 2 is 1.68 bits per heavy atom. The third-order valence-electron chi connectivity index (χ3n) is 4.22. The van der Waals surface area contributed by atoms with Crippen LogP contribution in [0.15, 0.2) is 24.3 Å². The topological polar surface area (TPSA) is 20.2 Å². The Labute approximate surface area is 111 Å². The third kappa shape index (κ3) is 2.94. The Bertz CT molecular complexity index is 433. The van der Waals surface area contributed by atoms with E-state index < -0.39 is 23.3 Å². The molecule has 0 saturated heterocycles. The largest absolute Gasteiger partial charge is 0.416 e. The van der Waals surface area contributed by atoms with E-state index in [9.17, 15) is 18.3 Å². The van der Waals surface area contributed by atoms with E-state index in [0.717, 1.165) is 38.2 Å². The molecule has 0 spiro atoms. The molecule has 0 amide bonds. The van der Waals surface area contributed by atoms with E-state index in [0.29, 0.717) is 0 Å². The Hall–Kier alpha value is -1.03. The van der Waals surface area contributed by atoms with Crippen LogP contribution in [0.25, 0.3) is 0 Å². The van der Waals surface area contributed by atoms with Gasteiger partial charge in [-0.3, -0.25) is 0 Å². The first-order chi connectivity index (χ1) is 8.84. The molecule has 1 aliphatic carbocycles. The highest BCUT2D eigenvalue weighted by Gasteiger charge is 2.41. The molecular weight excluding hydrogens is 253 g/mol. The number of hydrogen-bond acceptors (Lipinski definition) is 1. The molecule has 1 N–H and O–H groups in total. The summed E-state index contributed by atoms with van der Waals surface area (Å²) in [5.41, 5.74) is -1.15. The highest BCUT2D eigenvalue weighted by molar-refractivity contribution is 5.32. The van der Waals surface area contributed by atoms with E-state index in [-0.39, 0.29) is 5.56 Å². The summed E-state index contributed by atoms with van der Waals surface area (Å²) in [5.74, 6) is 0. The summed E-state index contributed by atoms with van der Waals surface area (Å²) in [7, 11) is 0. The second-order valence-electron chi connectivity index (χ2n) is 5.70. The van der Waals surface area contributed by atoms with Crippen molar-refractivity contribution in [1.29, 1.82) is 0 Å². The smallest absolute Gasteiger partial charge is 0.388 e. The number of hydrogen-bond donors (Lipinski definition) is 1. The quantitative estimate of drug-likeness (QED) is 0.826. The van der Waals surface area contributed by atoms with Crippen molar-refractivity contribution in [2.45, 2.75) is 51.3 Å². The molecule has 1 aliphatic rings. The molecule has 1 fully saturated rings. The molecule has 1 aromatic rings. The molecule has 0 bridgehead atoms. The third-order valence-corrected chi connectivity index (χ3v) is 4.22. The summed E-state index contributed by atoms with van der Waals surface area (Å²) >= 11 is 0. The number of benzene rings is 1. The lowest BCUT2D eigenvalue weighted by Gasteiger charge is -2.38. The maximum Gasteiger partial charge on any atom is 0.416 e. The van der Waals surface area contributed by atoms with Gasteiger partial charge in [0.05, 0.1) is 11.7 Å². The predicted octanol–water partition coefficient (Wildman–Crippen LogP) is 4.71. The van der Waals surface area contributed by atoms with Gasteiger partial charge in [0.1, 0.15) is 0 Å². The van der Waals surface area contributed by atoms with Crippen molar-refractivity contribution in [3.05, 3.63) is 35.4 Å². The van der Waals surface area contributed by atoms with Crippen LogP contribution in [0.3, 0.4) is 0 Å². The highest BCUT2D eigenvalue weighted by Crippen LogP contribution is 2.48. The van der Waals surface area contributed by atoms with Gasteiger partial charge in [0.25, 0.3) is 0 Å². The fourth-order valence-electron chi connectivity index (χ4n) is 3.00. The normalized spacial score (nSPS) is 21.1. The van der Waals surface area contributed by atoms with Crippen molar-refractivity contribution in [3.8, 4) is 0 Å². The van der Waals surface area contributed by atoms with E-state index >= 15 is 0 Å². The van der Waals surface area contributed by atoms with Gasteiger partial charge in [-0.05, 0) is 29.9 Å². The molecule has 1 nitrogen and oxygen atoms in total. The van der Waals surface area contributed by atoms with Gasteiger partial charge in [0, 0.05) is 0 Å². The number of aliphatic hydroxyl groups is 1. The minimum Gasteiger partial charge on any atom is -0.388 e. The molecular formula is C15H19F3O. The van der Waals surface area contributed by atoms with Gasteiger partial charge < -0.3 is 5.11 Å². The molecule has 1 unspecified atom stereocenters. The second kappa shape index (κ2) is 5.16. The van der Waals surface area contributed by atoms with Crippen LogP contribution >= 0.6 is 0 Å². The van der Waals surface area contributed by atoms with E-state index in [4.69, 9.17) is 0 Å². The minimum absolute atomic E-state index is 0.0133. The molecule has 19 heavy (non-hydrogen) atoms. The SMILES string of the molecule is CC1(C(O)c2ccccc2C(F)(F)F)CCCCC1. The first-order valence-electron chi connectivity index (χ1n) is 6.69. The molecule has 0 aliphatic heterocycles. The average molecular weight is 272 g/mol. The standard InChI is InChI=1S/C15H19F3O/c1-14(9-5-2-6-10-14)13(19)11-7-3-4-8-12(11)15(16,17)18/h3-4,7-8,13,19H,2,5-6,9-10H2,1H3. The van der Waals surface area contributed by atoms with Crippen LogP contribution in [0.4, 0.5) is 13.2 Å². The molecule has 1 aromatic carbocycles. The molecule has 0 radical (unpaired) electrons. The number of alkyl halides is 3. The van der Waals surface area contributed by atoms with E-state index in [1.807, 2.05) is 6.92 Å². The Kier molecular flexibility index (Phi) is 3.90. The first-order valence-corrected chi connectivity index (χ1v) is 6.69. The molecule has 0 heterocycles. The van der Waals surface area contributed by atoms with Crippen LogP contribution in [-0.4, -0.2) is 5.11 Å². The van der Waals surface area contributed by atoms with E-state index in [2.05, 4.69) is 0 Å². The maximum absolute atomic E-state index is 13.0. The summed E-state index contributed by atoms with van der Waals surface area (Å²) in [6, 6.07) is 5.36. The fourth-order valence-corrected chi connectivity index (χ4v) is 3.00. The Morgan fingerprint density at radius 3 is 2.26 bits per heavy atom. The molecule has 1 atom stereocenters. The lowest BCUT2D eigenvalue weighted by molar-refractivity contribution is -0.140. The van der Waals surface area contributed by atoms with Crippen LogP contribution in [-0.2, 0) is 6.18 Å². The second-order valence-corrected chi connectivity index (χ2v) is 5.70. The van der Waals surface area contributed by atoms with Gasteiger partial charge in [0.15, 0.2) is 0 Å². The summed E-state index contributed by atoms with van der Waals surface area (Å²) in [6.45, 7) is 1.89. The van der Waals surface area contributed by atoms with Crippen molar-refractivity contribution in [1.82, 2.24) is 0 Å². The van der Waals surface area contributed by atoms with Crippen LogP contribution < -0.4 is 0 Å². The number of aliphatic hydroxyl groups excluding tert-OH is 1. The van der Waals surface area contributed by atoms with Crippen LogP contribution in [0, 0.1) is 5.41 Å². The molecule has 4 heteroatoms. The number of rotatable bonds is 2. The van der Waals surface area contributed by atoms with Gasteiger partial charge in [-0.15, -0.1) is 0 Å². The zero-order chi connectivity index (χ0) is 14.1. The van der Waals surface area contributed by atoms with Gasteiger partial charge >= 0.3 is 6.18 Å². The lowest BCUT2D eigenvalue weighted by Crippen LogP contribution is -2.29. The van der Waals surface area contributed by atoms with Crippen molar-refractivity contribution in [2.75, 3.05) is 0 Å². The van der Waals surface area contributed by atoms with Gasteiger partial charge in [-0.2, -0.15) is 13.2 Å². The van der Waals surface area contributed by atoms with Gasteiger partial charge in [-0.25, -0.2) is 0 Å². The van der Waals surface area contributed by atoms with Gasteiger partial charge in [0.2, 0.25) is 0 Å². The van der Waals surface area contributed by atoms with Crippen LogP contribution in [0.5, 0.6) is 0 Å². The summed E-state index contributed by atoms with van der Waals surface area (Å²) in [4.78, 5) is 0. The highest BCUT2D eigenvalue weighted by atomic mass is 19.4. The average Bonchev–Trinajstić information content (AvgIpc) is 2.38. The fraction of sp³-hybridized carbons (Fsp3) is 0.600. The van der Waals surface area contributed by atoms with E-state index in [1.54, 1.807) is 6.07 Å². The van der Waals surface area contributed by atoms with E-state index in [1.165, 1.54) is 12.1 Å². The molecule has 106 valence electrons. The lowest BCUT2D eigenvalue weighted by atomic mass is 9.69. The minimum atomic E-state index is -4.41. The predicted molar refractivity (Wildman–Crippen MR) is 67.6 cm³/mol. The molecule has 0 aromatic heterocycles. The molecule has 2 rings (SSSR count). The van der Waals surface area contributed by atoms with Gasteiger partial charge in [-0.1, -0.05) is 44.4 Å². The summed E-state index contributed by atoms with van der Waals surface area (Å²) in [5, 5.41) is 10.4. The summed E-state index contributed by atoms with van der Waals surface area (Å²) < 4.78 is 39.0. The maximum atomic E-state index is 13.0. The Balaban J connectivity index is 2.36. The Morgan fingerprint density at radius 1 is 1.11 bits per heavy atom. The monoisotopic (exact) mass is 272 g/mol. The number of halogens is 3. The van der Waals surface area contributed by atoms with Crippen LogP contribution in [0.2, 0.25) is 0 Å². The van der Waals surface area contributed by atoms with Crippen molar-refractivity contribution < 1.29 is 18.3 Å². The van der Waals surface area contributed by atoms with Crippen LogP contribution in [0.1, 0.15) is 56.3 Å². The van der Waals surface area contributed by atoms with Crippen molar-refractivity contribution in [3.63, 3.8) is 0 Å². The zero-order valence-electron chi connectivity index (χ0n) is 11.0. The van der Waals surface area contributed by atoms with Crippen molar-refractivity contribution >= 4 is 0 Å².